The Kier molecular flexibility index (Phi) is 3.57. The molecule has 18 heavy (non-hydrogen) atoms. The van der Waals surface area contributed by atoms with Gasteiger partial charge in [0.15, 0.2) is 0 Å². The summed E-state index contributed by atoms with van der Waals surface area (Å²) in [7, 11) is 0. The second-order valence-corrected chi connectivity index (χ2v) is 3.94. The van der Waals surface area contributed by atoms with E-state index >= 15 is 0 Å². The molecular weight excluding hydrogens is 231 g/mol. The largest absolute Gasteiger partial charge is 0.399 e. The van der Waals surface area contributed by atoms with E-state index in [9.17, 15) is 9.18 Å². The standard InChI is InChI=1S/C14H13FN2O/c15-12-5-1-3-10(7-12)9-17-14(18)11-4-2-6-13(16)8-11/h1-8H,9,16H2,(H,17,18). The van der Waals surface area contributed by atoms with Crippen LogP contribution in [0.25, 0.3) is 0 Å². The topological polar surface area (TPSA) is 55.1 Å². The molecule has 0 saturated carbocycles. The molecular formula is C14H13FN2O. The minimum Gasteiger partial charge on any atom is -0.399 e. The Labute approximate surface area is 104 Å². The highest BCUT2D eigenvalue weighted by molar-refractivity contribution is 5.94. The van der Waals surface area contributed by atoms with Crippen molar-refractivity contribution in [2.24, 2.45) is 0 Å². The Morgan fingerprint density at radius 2 is 1.94 bits per heavy atom. The van der Waals surface area contributed by atoms with Crippen LogP contribution >= 0.6 is 0 Å². The van der Waals surface area contributed by atoms with Crippen molar-refractivity contribution in [1.82, 2.24) is 5.32 Å². The number of benzene rings is 2. The van der Waals surface area contributed by atoms with Gasteiger partial charge in [-0.05, 0) is 35.9 Å². The van der Waals surface area contributed by atoms with Crippen molar-refractivity contribution in [1.29, 1.82) is 0 Å². The summed E-state index contributed by atoms with van der Waals surface area (Å²) < 4.78 is 12.9. The van der Waals surface area contributed by atoms with Crippen molar-refractivity contribution in [2.75, 3.05) is 5.73 Å². The molecule has 0 radical (unpaired) electrons. The number of hydrogen-bond acceptors (Lipinski definition) is 2. The van der Waals surface area contributed by atoms with Gasteiger partial charge in [-0.1, -0.05) is 18.2 Å². The lowest BCUT2D eigenvalue weighted by Crippen LogP contribution is -2.22. The quantitative estimate of drug-likeness (QED) is 0.814. The third-order valence-corrected chi connectivity index (χ3v) is 2.49. The van der Waals surface area contributed by atoms with Crippen molar-refractivity contribution >= 4 is 11.6 Å². The first-order chi connectivity index (χ1) is 8.65. The molecule has 2 rings (SSSR count). The van der Waals surface area contributed by atoms with Gasteiger partial charge < -0.3 is 11.1 Å². The average molecular weight is 244 g/mol. The molecule has 0 bridgehead atoms. The zero-order chi connectivity index (χ0) is 13.0. The molecule has 0 heterocycles. The summed E-state index contributed by atoms with van der Waals surface area (Å²) in [5.41, 5.74) is 7.34. The molecule has 0 aliphatic rings. The monoisotopic (exact) mass is 244 g/mol. The average Bonchev–Trinajstić information content (AvgIpc) is 2.36. The fourth-order valence-corrected chi connectivity index (χ4v) is 1.61. The van der Waals surface area contributed by atoms with Crippen LogP contribution < -0.4 is 11.1 Å². The highest BCUT2D eigenvalue weighted by Crippen LogP contribution is 2.07. The third-order valence-electron chi connectivity index (χ3n) is 2.49. The van der Waals surface area contributed by atoms with Crippen molar-refractivity contribution in [2.45, 2.75) is 6.54 Å². The van der Waals surface area contributed by atoms with Crippen molar-refractivity contribution in [3.05, 3.63) is 65.5 Å². The van der Waals surface area contributed by atoms with Gasteiger partial charge in [-0.3, -0.25) is 4.79 Å². The molecule has 0 aliphatic heterocycles. The molecule has 2 aromatic rings. The Balaban J connectivity index is 2.00. The number of nitrogen functional groups attached to an aromatic ring is 1. The first-order valence-electron chi connectivity index (χ1n) is 5.53. The molecule has 0 aromatic heterocycles. The third kappa shape index (κ3) is 3.07. The van der Waals surface area contributed by atoms with E-state index in [0.29, 0.717) is 16.8 Å². The predicted molar refractivity (Wildman–Crippen MR) is 68.4 cm³/mol. The lowest BCUT2D eigenvalue weighted by molar-refractivity contribution is 0.0951. The van der Waals surface area contributed by atoms with Crippen molar-refractivity contribution in [3.8, 4) is 0 Å². The van der Waals surface area contributed by atoms with Crippen LogP contribution in [-0.4, -0.2) is 5.91 Å². The summed E-state index contributed by atoms with van der Waals surface area (Å²) in [6.45, 7) is 0.283. The minimum absolute atomic E-state index is 0.230. The van der Waals surface area contributed by atoms with E-state index in [1.807, 2.05) is 0 Å². The van der Waals surface area contributed by atoms with Gasteiger partial charge in [-0.25, -0.2) is 4.39 Å². The maximum absolute atomic E-state index is 12.9. The molecule has 0 atom stereocenters. The molecule has 3 nitrogen and oxygen atoms in total. The Morgan fingerprint density at radius 1 is 1.17 bits per heavy atom. The zero-order valence-electron chi connectivity index (χ0n) is 9.69. The Bertz CT molecular complexity index is 569. The van der Waals surface area contributed by atoms with Gasteiger partial charge >= 0.3 is 0 Å². The SMILES string of the molecule is Nc1cccc(C(=O)NCc2cccc(F)c2)c1. The molecule has 0 fully saturated rings. The van der Waals surface area contributed by atoms with E-state index in [-0.39, 0.29) is 18.3 Å². The summed E-state index contributed by atoms with van der Waals surface area (Å²) in [5, 5.41) is 2.71. The van der Waals surface area contributed by atoms with Gasteiger partial charge in [0, 0.05) is 17.8 Å². The van der Waals surface area contributed by atoms with Crippen molar-refractivity contribution < 1.29 is 9.18 Å². The first kappa shape index (κ1) is 12.1. The van der Waals surface area contributed by atoms with Crippen LogP contribution in [0.1, 0.15) is 15.9 Å². The highest BCUT2D eigenvalue weighted by Gasteiger charge is 2.05. The Hall–Kier alpha value is -2.36. The molecule has 0 unspecified atom stereocenters. The van der Waals surface area contributed by atoms with E-state index in [2.05, 4.69) is 5.32 Å². The zero-order valence-corrected chi connectivity index (χ0v) is 9.69. The van der Waals surface area contributed by atoms with Gasteiger partial charge in [0.1, 0.15) is 5.82 Å². The normalized spacial score (nSPS) is 10.1. The Morgan fingerprint density at radius 3 is 2.67 bits per heavy atom. The molecule has 0 spiro atoms. The van der Waals surface area contributed by atoms with E-state index in [1.165, 1.54) is 12.1 Å². The second-order valence-electron chi connectivity index (χ2n) is 3.94. The number of carbonyl (C=O) groups is 1. The fraction of sp³-hybridized carbons (Fsp3) is 0.0714. The summed E-state index contributed by atoms with van der Waals surface area (Å²) >= 11 is 0. The van der Waals surface area contributed by atoms with E-state index in [4.69, 9.17) is 5.73 Å². The number of nitrogens with one attached hydrogen (secondary N) is 1. The van der Waals surface area contributed by atoms with Crippen LogP contribution in [0.4, 0.5) is 10.1 Å². The second kappa shape index (κ2) is 5.31. The maximum atomic E-state index is 12.9. The van der Waals surface area contributed by atoms with E-state index < -0.39 is 0 Å². The van der Waals surface area contributed by atoms with E-state index in [1.54, 1.807) is 36.4 Å². The molecule has 1 amide bonds. The molecule has 92 valence electrons. The predicted octanol–water partition coefficient (Wildman–Crippen LogP) is 2.34. The number of rotatable bonds is 3. The van der Waals surface area contributed by atoms with Gasteiger partial charge in [0.25, 0.3) is 5.91 Å². The fourth-order valence-electron chi connectivity index (χ4n) is 1.61. The number of carbonyl (C=O) groups excluding carboxylic acids is 1. The van der Waals surface area contributed by atoms with Crippen LogP contribution in [0.5, 0.6) is 0 Å². The lowest BCUT2D eigenvalue weighted by Gasteiger charge is -2.06. The van der Waals surface area contributed by atoms with Crippen LogP contribution in [0.15, 0.2) is 48.5 Å². The number of hydrogen-bond donors (Lipinski definition) is 2. The molecule has 2 aromatic carbocycles. The van der Waals surface area contributed by atoms with Gasteiger partial charge in [-0.2, -0.15) is 0 Å². The molecule has 0 aliphatic carbocycles. The maximum Gasteiger partial charge on any atom is 0.251 e. The first-order valence-corrected chi connectivity index (χ1v) is 5.53. The van der Waals surface area contributed by atoms with Crippen LogP contribution in [0, 0.1) is 5.82 Å². The lowest BCUT2D eigenvalue weighted by atomic mass is 10.1. The van der Waals surface area contributed by atoms with Crippen molar-refractivity contribution in [3.63, 3.8) is 0 Å². The molecule has 0 saturated heterocycles. The van der Waals surface area contributed by atoms with Crippen LogP contribution in [0.2, 0.25) is 0 Å². The van der Waals surface area contributed by atoms with Gasteiger partial charge in [0.05, 0.1) is 0 Å². The summed E-state index contributed by atoms with van der Waals surface area (Å²) in [5.74, 6) is -0.544. The smallest absolute Gasteiger partial charge is 0.251 e. The molecule has 3 N–H and O–H groups in total. The number of amides is 1. The van der Waals surface area contributed by atoms with Crippen LogP contribution in [0.3, 0.4) is 0 Å². The van der Waals surface area contributed by atoms with Gasteiger partial charge in [-0.15, -0.1) is 0 Å². The summed E-state index contributed by atoms with van der Waals surface area (Å²) in [4.78, 5) is 11.8. The summed E-state index contributed by atoms with van der Waals surface area (Å²) in [6.07, 6.45) is 0. The van der Waals surface area contributed by atoms with E-state index in [0.717, 1.165) is 0 Å². The van der Waals surface area contributed by atoms with Gasteiger partial charge in [0.2, 0.25) is 0 Å². The number of nitrogens with two attached hydrogens (primary N) is 1. The highest BCUT2D eigenvalue weighted by atomic mass is 19.1. The summed E-state index contributed by atoms with van der Waals surface area (Å²) in [6, 6.07) is 12.8. The minimum atomic E-state index is -0.314. The van der Waals surface area contributed by atoms with Crippen LogP contribution in [-0.2, 0) is 6.54 Å². The number of halogens is 1. The molecule has 4 heteroatoms. The number of anilines is 1.